The minimum Gasteiger partial charge on any atom is -0.387 e. The lowest BCUT2D eigenvalue weighted by atomic mass is 9.82. The minimum absolute atomic E-state index is 0.155. The first-order valence-electron chi connectivity index (χ1n) is 6.25. The zero-order chi connectivity index (χ0) is 13.2. The largest absolute Gasteiger partial charge is 0.387 e. The van der Waals surface area contributed by atoms with Gasteiger partial charge in [-0.1, -0.05) is 60.7 Å². The van der Waals surface area contributed by atoms with Crippen LogP contribution in [0.3, 0.4) is 0 Å². The van der Waals surface area contributed by atoms with Crippen molar-refractivity contribution in [3.63, 3.8) is 0 Å². The van der Waals surface area contributed by atoms with E-state index in [-0.39, 0.29) is 17.7 Å². The topological polar surface area (TPSA) is 55.4 Å². The van der Waals surface area contributed by atoms with Gasteiger partial charge in [-0.2, -0.15) is 4.99 Å². The van der Waals surface area contributed by atoms with E-state index in [0.29, 0.717) is 5.84 Å². The molecule has 2 aromatic carbocycles. The van der Waals surface area contributed by atoms with Crippen LogP contribution in [0.15, 0.2) is 65.7 Å². The smallest absolute Gasteiger partial charge is 0.255 e. The van der Waals surface area contributed by atoms with Crippen LogP contribution in [0.4, 0.5) is 0 Å². The number of hydrogen-bond acceptors (Lipinski definition) is 2. The molecule has 2 unspecified atom stereocenters. The fourth-order valence-corrected chi connectivity index (χ4v) is 2.60. The molecule has 2 aromatic rings. The third-order valence-corrected chi connectivity index (χ3v) is 3.47. The van der Waals surface area contributed by atoms with Crippen molar-refractivity contribution in [2.45, 2.75) is 11.8 Å². The Morgan fingerprint density at radius 2 is 1.26 bits per heavy atom. The van der Waals surface area contributed by atoms with Crippen molar-refractivity contribution < 1.29 is 4.79 Å². The van der Waals surface area contributed by atoms with E-state index < -0.39 is 0 Å². The first-order valence-corrected chi connectivity index (χ1v) is 6.25. The van der Waals surface area contributed by atoms with Crippen LogP contribution in [0, 0.1) is 0 Å². The molecule has 3 rings (SSSR count). The summed E-state index contributed by atoms with van der Waals surface area (Å²) in [6, 6.07) is 19.5. The molecule has 1 heterocycles. The van der Waals surface area contributed by atoms with Gasteiger partial charge in [-0.25, -0.2) is 0 Å². The molecule has 3 heteroatoms. The van der Waals surface area contributed by atoms with Gasteiger partial charge in [0.2, 0.25) is 0 Å². The third kappa shape index (κ3) is 2.03. The van der Waals surface area contributed by atoms with E-state index in [9.17, 15) is 4.79 Å². The molecule has 0 fully saturated rings. The van der Waals surface area contributed by atoms with Crippen molar-refractivity contribution in [1.82, 2.24) is 0 Å². The highest BCUT2D eigenvalue weighted by Crippen LogP contribution is 2.38. The van der Waals surface area contributed by atoms with Gasteiger partial charge in [0.1, 0.15) is 5.84 Å². The van der Waals surface area contributed by atoms with Gasteiger partial charge in [-0.05, 0) is 11.1 Å². The summed E-state index contributed by atoms with van der Waals surface area (Å²) in [7, 11) is 0. The summed E-state index contributed by atoms with van der Waals surface area (Å²) < 4.78 is 0. The molecule has 2 N–H and O–H groups in total. The highest BCUT2D eigenvalue weighted by Gasteiger charge is 2.38. The summed E-state index contributed by atoms with van der Waals surface area (Å²) in [4.78, 5) is 16.1. The average molecular weight is 250 g/mol. The summed E-state index contributed by atoms with van der Waals surface area (Å²) in [5.41, 5.74) is 7.95. The molecule has 1 aliphatic rings. The Labute approximate surface area is 111 Å². The number of nitrogens with zero attached hydrogens (tertiary/aromatic N) is 1. The second-order valence-corrected chi connectivity index (χ2v) is 4.65. The Morgan fingerprint density at radius 1 is 0.789 bits per heavy atom. The Hall–Kier alpha value is -2.42. The van der Waals surface area contributed by atoms with Crippen LogP contribution < -0.4 is 5.73 Å². The van der Waals surface area contributed by atoms with Gasteiger partial charge < -0.3 is 5.73 Å². The molecule has 1 amide bonds. The van der Waals surface area contributed by atoms with E-state index in [1.54, 1.807) is 0 Å². The molecule has 1 aliphatic heterocycles. The summed E-state index contributed by atoms with van der Waals surface area (Å²) in [5, 5.41) is 0. The Morgan fingerprint density at radius 3 is 1.79 bits per heavy atom. The Bertz CT molecular complexity index is 620. The van der Waals surface area contributed by atoms with Gasteiger partial charge in [0.25, 0.3) is 5.91 Å². The van der Waals surface area contributed by atoms with Crippen molar-refractivity contribution >= 4 is 11.7 Å². The molecule has 0 aliphatic carbocycles. The number of nitrogens with two attached hydrogens (primary N) is 1. The van der Waals surface area contributed by atoms with Crippen LogP contribution in [-0.2, 0) is 4.79 Å². The first kappa shape index (κ1) is 11.7. The van der Waals surface area contributed by atoms with Crippen molar-refractivity contribution in [3.8, 4) is 0 Å². The van der Waals surface area contributed by atoms with Gasteiger partial charge >= 0.3 is 0 Å². The monoisotopic (exact) mass is 250 g/mol. The average Bonchev–Trinajstić information content (AvgIpc) is 2.75. The second-order valence-electron chi connectivity index (χ2n) is 4.65. The molecule has 3 nitrogen and oxygen atoms in total. The SMILES string of the molecule is NC1=NC(=O)C(c2ccccc2)C1c1ccccc1. The molecule has 0 bridgehead atoms. The number of amidine groups is 1. The Balaban J connectivity index is 2.06. The molecule has 0 spiro atoms. The van der Waals surface area contributed by atoms with Crippen molar-refractivity contribution in [3.05, 3.63) is 71.8 Å². The van der Waals surface area contributed by atoms with Crippen LogP contribution in [0.25, 0.3) is 0 Å². The maximum absolute atomic E-state index is 12.1. The van der Waals surface area contributed by atoms with E-state index >= 15 is 0 Å². The van der Waals surface area contributed by atoms with E-state index in [2.05, 4.69) is 4.99 Å². The minimum atomic E-state index is -0.302. The van der Waals surface area contributed by atoms with E-state index in [4.69, 9.17) is 5.73 Å². The maximum Gasteiger partial charge on any atom is 0.255 e. The van der Waals surface area contributed by atoms with E-state index in [0.717, 1.165) is 11.1 Å². The van der Waals surface area contributed by atoms with Crippen molar-refractivity contribution in [2.24, 2.45) is 10.7 Å². The molecule has 0 saturated heterocycles. The summed E-state index contributed by atoms with van der Waals surface area (Å²) in [6.07, 6.45) is 0. The Kier molecular flexibility index (Phi) is 2.88. The third-order valence-electron chi connectivity index (χ3n) is 3.47. The summed E-state index contributed by atoms with van der Waals surface area (Å²) >= 11 is 0. The number of aliphatic imine (C=N–C) groups is 1. The van der Waals surface area contributed by atoms with Crippen LogP contribution >= 0.6 is 0 Å². The zero-order valence-corrected chi connectivity index (χ0v) is 10.4. The van der Waals surface area contributed by atoms with Gasteiger partial charge in [0.15, 0.2) is 0 Å². The van der Waals surface area contributed by atoms with Crippen LogP contribution in [0.2, 0.25) is 0 Å². The van der Waals surface area contributed by atoms with Gasteiger partial charge in [0, 0.05) is 0 Å². The first-order chi connectivity index (χ1) is 9.27. The van der Waals surface area contributed by atoms with Gasteiger partial charge in [-0.15, -0.1) is 0 Å². The van der Waals surface area contributed by atoms with Gasteiger partial charge in [-0.3, -0.25) is 4.79 Å². The van der Waals surface area contributed by atoms with Gasteiger partial charge in [0.05, 0.1) is 11.8 Å². The highest BCUT2D eigenvalue weighted by molar-refractivity contribution is 6.08. The highest BCUT2D eigenvalue weighted by atomic mass is 16.1. The number of carbonyl (C=O) groups excluding carboxylic acids is 1. The molecular formula is C16H14N2O. The lowest BCUT2D eigenvalue weighted by Gasteiger charge is -2.19. The number of rotatable bonds is 2. The summed E-state index contributed by atoms with van der Waals surface area (Å²) in [5.74, 6) is -0.206. The van der Waals surface area contributed by atoms with Crippen LogP contribution in [0.1, 0.15) is 23.0 Å². The molecule has 94 valence electrons. The maximum atomic E-state index is 12.1. The number of carbonyl (C=O) groups is 1. The van der Waals surface area contributed by atoms with Crippen molar-refractivity contribution in [1.29, 1.82) is 0 Å². The zero-order valence-electron chi connectivity index (χ0n) is 10.4. The molecule has 19 heavy (non-hydrogen) atoms. The van der Waals surface area contributed by atoms with Crippen molar-refractivity contribution in [2.75, 3.05) is 0 Å². The fourth-order valence-electron chi connectivity index (χ4n) is 2.60. The number of amides is 1. The van der Waals surface area contributed by atoms with Crippen LogP contribution in [0.5, 0.6) is 0 Å². The van der Waals surface area contributed by atoms with E-state index in [1.165, 1.54) is 0 Å². The summed E-state index contributed by atoms with van der Waals surface area (Å²) in [6.45, 7) is 0. The molecule has 0 saturated carbocycles. The lowest BCUT2D eigenvalue weighted by molar-refractivity contribution is -0.118. The molecule has 2 atom stereocenters. The van der Waals surface area contributed by atoms with Crippen LogP contribution in [-0.4, -0.2) is 11.7 Å². The number of benzene rings is 2. The van der Waals surface area contributed by atoms with E-state index in [1.807, 2.05) is 60.7 Å². The normalized spacial score (nSPS) is 22.3. The quantitative estimate of drug-likeness (QED) is 0.890. The molecule has 0 radical (unpaired) electrons. The standard InChI is InChI=1S/C16H14N2O/c17-15-13(11-7-3-1-4-8-11)14(16(19)18-15)12-9-5-2-6-10-12/h1-10,13-14H,(H2,17,18,19). The molecule has 0 aromatic heterocycles. The fraction of sp³-hybridized carbons (Fsp3) is 0.125. The number of hydrogen-bond donors (Lipinski definition) is 1. The second kappa shape index (κ2) is 4.69. The predicted octanol–water partition coefficient (Wildman–Crippen LogP) is 2.45. The predicted molar refractivity (Wildman–Crippen MR) is 75.0 cm³/mol. The lowest BCUT2D eigenvalue weighted by Crippen LogP contribution is -2.23. The molecular weight excluding hydrogens is 236 g/mol.